The monoisotopic (exact) mass is 261 g/mol. The van der Waals surface area contributed by atoms with Gasteiger partial charge in [-0.3, -0.25) is 0 Å². The van der Waals surface area contributed by atoms with Gasteiger partial charge in [0, 0.05) is 6.54 Å². The smallest absolute Gasteiger partial charge is 0.000263 e. The molecule has 0 atom stereocenters. The van der Waals surface area contributed by atoms with Gasteiger partial charge in [-0.25, -0.2) is 0 Å². The number of rotatable bonds is 7. The van der Waals surface area contributed by atoms with Gasteiger partial charge in [0.15, 0.2) is 0 Å². The minimum Gasteiger partial charge on any atom is -0.316 e. The van der Waals surface area contributed by atoms with Crippen LogP contribution in [0.3, 0.4) is 0 Å². The Balaban J connectivity index is 2.61. The van der Waals surface area contributed by atoms with Crippen molar-refractivity contribution in [2.24, 2.45) is 5.41 Å². The molecular weight excluding hydrogens is 230 g/mol. The Morgan fingerprint density at radius 3 is 2.16 bits per heavy atom. The fourth-order valence-electron chi connectivity index (χ4n) is 2.76. The quantitative estimate of drug-likeness (QED) is 0.709. The molecule has 0 fully saturated rings. The summed E-state index contributed by atoms with van der Waals surface area (Å²) in [7, 11) is 0. The molecule has 0 heterocycles. The Bertz CT molecular complexity index is 381. The van der Waals surface area contributed by atoms with Crippen molar-refractivity contribution < 1.29 is 0 Å². The van der Waals surface area contributed by atoms with Gasteiger partial charge >= 0.3 is 0 Å². The summed E-state index contributed by atoms with van der Waals surface area (Å²) in [6.07, 6.45) is 3.65. The SMILES string of the molecule is CCCNCC(C)(C)CCc1c(C)cc(C)cc1C. The van der Waals surface area contributed by atoms with Gasteiger partial charge in [-0.15, -0.1) is 0 Å². The van der Waals surface area contributed by atoms with E-state index in [1.54, 1.807) is 5.56 Å². The molecule has 1 aromatic carbocycles. The van der Waals surface area contributed by atoms with Crippen LogP contribution in [0.15, 0.2) is 12.1 Å². The van der Waals surface area contributed by atoms with Crippen LogP contribution in [0.1, 0.15) is 55.9 Å². The zero-order valence-corrected chi connectivity index (χ0v) is 13.7. The van der Waals surface area contributed by atoms with Gasteiger partial charge in [-0.2, -0.15) is 0 Å². The Morgan fingerprint density at radius 2 is 1.63 bits per heavy atom. The molecule has 1 N–H and O–H groups in total. The highest BCUT2D eigenvalue weighted by molar-refractivity contribution is 5.37. The molecule has 0 aliphatic heterocycles. The van der Waals surface area contributed by atoms with Crippen molar-refractivity contribution in [1.29, 1.82) is 0 Å². The average molecular weight is 261 g/mol. The van der Waals surface area contributed by atoms with Crippen LogP contribution in [0.5, 0.6) is 0 Å². The van der Waals surface area contributed by atoms with E-state index in [1.165, 1.54) is 36.0 Å². The second-order valence-electron chi connectivity index (χ2n) is 6.72. The predicted octanol–water partition coefficient (Wildman–Crippen LogP) is 4.57. The Morgan fingerprint density at radius 1 is 1.05 bits per heavy atom. The number of hydrogen-bond donors (Lipinski definition) is 1. The lowest BCUT2D eigenvalue weighted by Crippen LogP contribution is -2.30. The Labute approximate surface area is 119 Å². The molecule has 0 saturated carbocycles. The third-order valence-corrected chi connectivity index (χ3v) is 3.92. The first-order chi connectivity index (χ1) is 8.85. The molecule has 1 aromatic rings. The lowest BCUT2D eigenvalue weighted by Gasteiger charge is -2.26. The van der Waals surface area contributed by atoms with Crippen molar-refractivity contribution in [3.05, 3.63) is 34.4 Å². The molecule has 0 aromatic heterocycles. The van der Waals surface area contributed by atoms with Crippen LogP contribution in [-0.4, -0.2) is 13.1 Å². The van der Waals surface area contributed by atoms with Crippen LogP contribution in [0.2, 0.25) is 0 Å². The average Bonchev–Trinajstić information content (AvgIpc) is 2.27. The fourth-order valence-corrected chi connectivity index (χ4v) is 2.76. The van der Waals surface area contributed by atoms with Gasteiger partial charge < -0.3 is 5.32 Å². The molecule has 108 valence electrons. The Hall–Kier alpha value is -0.820. The van der Waals surface area contributed by atoms with E-state index >= 15 is 0 Å². The predicted molar refractivity (Wildman–Crippen MR) is 85.9 cm³/mol. The van der Waals surface area contributed by atoms with E-state index in [4.69, 9.17) is 0 Å². The topological polar surface area (TPSA) is 12.0 Å². The number of benzene rings is 1. The van der Waals surface area contributed by atoms with Crippen molar-refractivity contribution in [2.75, 3.05) is 13.1 Å². The number of aryl methyl sites for hydroxylation is 3. The maximum absolute atomic E-state index is 3.55. The molecule has 0 aliphatic carbocycles. The van der Waals surface area contributed by atoms with Crippen molar-refractivity contribution in [2.45, 2.75) is 60.8 Å². The third kappa shape index (κ3) is 5.36. The first-order valence-corrected chi connectivity index (χ1v) is 7.63. The first-order valence-electron chi connectivity index (χ1n) is 7.63. The Kier molecular flexibility index (Phi) is 6.06. The fraction of sp³-hybridized carbons (Fsp3) is 0.667. The molecule has 0 saturated heterocycles. The van der Waals surface area contributed by atoms with Crippen molar-refractivity contribution >= 4 is 0 Å². The standard InChI is InChI=1S/C18H31N/c1-7-10-19-13-18(5,6)9-8-17-15(3)11-14(2)12-16(17)4/h11-12,19H,7-10,13H2,1-6H3. The normalized spacial score (nSPS) is 11.9. The highest BCUT2D eigenvalue weighted by Crippen LogP contribution is 2.25. The van der Waals surface area contributed by atoms with Crippen LogP contribution in [0.25, 0.3) is 0 Å². The summed E-state index contributed by atoms with van der Waals surface area (Å²) < 4.78 is 0. The first kappa shape index (κ1) is 16.2. The van der Waals surface area contributed by atoms with Gasteiger partial charge in [-0.1, -0.05) is 38.5 Å². The van der Waals surface area contributed by atoms with E-state index in [0.717, 1.165) is 13.1 Å². The van der Waals surface area contributed by atoms with E-state index in [0.29, 0.717) is 5.41 Å². The van der Waals surface area contributed by atoms with Crippen LogP contribution in [0.4, 0.5) is 0 Å². The van der Waals surface area contributed by atoms with Gasteiger partial charge in [0.1, 0.15) is 0 Å². The van der Waals surface area contributed by atoms with Crippen LogP contribution in [-0.2, 0) is 6.42 Å². The van der Waals surface area contributed by atoms with E-state index in [-0.39, 0.29) is 0 Å². The molecule has 0 aliphatic rings. The summed E-state index contributed by atoms with van der Waals surface area (Å²) >= 11 is 0. The van der Waals surface area contributed by atoms with Gasteiger partial charge in [0.2, 0.25) is 0 Å². The lowest BCUT2D eigenvalue weighted by molar-refractivity contribution is 0.315. The molecule has 19 heavy (non-hydrogen) atoms. The highest BCUT2D eigenvalue weighted by atomic mass is 14.9. The molecule has 1 nitrogen and oxygen atoms in total. The van der Waals surface area contributed by atoms with Crippen molar-refractivity contribution in [1.82, 2.24) is 5.32 Å². The third-order valence-electron chi connectivity index (χ3n) is 3.92. The minimum absolute atomic E-state index is 0.374. The molecule has 0 bridgehead atoms. The van der Waals surface area contributed by atoms with Crippen molar-refractivity contribution in [3.63, 3.8) is 0 Å². The zero-order valence-electron chi connectivity index (χ0n) is 13.7. The highest BCUT2D eigenvalue weighted by Gasteiger charge is 2.18. The molecule has 1 heteroatoms. The van der Waals surface area contributed by atoms with E-state index in [9.17, 15) is 0 Å². The van der Waals surface area contributed by atoms with Gasteiger partial charge in [0.05, 0.1) is 0 Å². The van der Waals surface area contributed by atoms with Crippen LogP contribution in [0, 0.1) is 26.2 Å². The largest absolute Gasteiger partial charge is 0.316 e. The summed E-state index contributed by atoms with van der Waals surface area (Å²) in [5.41, 5.74) is 6.21. The molecule has 0 radical (unpaired) electrons. The lowest BCUT2D eigenvalue weighted by atomic mass is 9.84. The maximum atomic E-state index is 3.55. The van der Waals surface area contributed by atoms with Crippen LogP contribution >= 0.6 is 0 Å². The molecular formula is C18H31N. The molecule has 0 spiro atoms. The summed E-state index contributed by atoms with van der Waals surface area (Å²) in [6, 6.07) is 4.62. The van der Waals surface area contributed by atoms with Crippen LogP contribution < -0.4 is 5.32 Å². The van der Waals surface area contributed by atoms with E-state index in [1.807, 2.05) is 0 Å². The summed E-state index contributed by atoms with van der Waals surface area (Å²) in [5, 5.41) is 3.55. The minimum atomic E-state index is 0.374. The maximum Gasteiger partial charge on any atom is 0.000263 e. The van der Waals surface area contributed by atoms with E-state index in [2.05, 4.69) is 59.0 Å². The second-order valence-corrected chi connectivity index (χ2v) is 6.72. The summed E-state index contributed by atoms with van der Waals surface area (Å²) in [5.74, 6) is 0. The second kappa shape index (κ2) is 7.09. The number of nitrogens with one attached hydrogen (secondary N) is 1. The van der Waals surface area contributed by atoms with Gasteiger partial charge in [0.25, 0.3) is 0 Å². The summed E-state index contributed by atoms with van der Waals surface area (Å²) in [4.78, 5) is 0. The van der Waals surface area contributed by atoms with Gasteiger partial charge in [-0.05, 0) is 68.7 Å². The molecule has 1 rings (SSSR count). The molecule has 0 unspecified atom stereocenters. The molecule has 0 amide bonds. The number of hydrogen-bond acceptors (Lipinski definition) is 1. The summed E-state index contributed by atoms with van der Waals surface area (Å²) in [6.45, 7) is 15.9. The van der Waals surface area contributed by atoms with E-state index < -0.39 is 0 Å². The zero-order chi connectivity index (χ0) is 14.5. The van der Waals surface area contributed by atoms with Crippen molar-refractivity contribution in [3.8, 4) is 0 Å².